The van der Waals surface area contributed by atoms with Crippen LogP contribution in [0.2, 0.25) is 0 Å². The van der Waals surface area contributed by atoms with Gasteiger partial charge in [0.15, 0.2) is 0 Å². The molecule has 0 aromatic heterocycles. The molecule has 1 fully saturated rings. The van der Waals surface area contributed by atoms with Crippen LogP contribution in [0.25, 0.3) is 0 Å². The standard InChI is InChI=1S/C17H25NO3/c1-13-5-4-6-15(11-13)21-14(2)12-18-16(19)17(3)7-9-20-10-8-17/h4-6,11,14H,7-10,12H2,1-3H3,(H,18,19). The Labute approximate surface area is 126 Å². The van der Waals surface area contributed by atoms with Crippen LogP contribution in [0.15, 0.2) is 24.3 Å². The van der Waals surface area contributed by atoms with Gasteiger partial charge in [-0.1, -0.05) is 19.1 Å². The van der Waals surface area contributed by atoms with E-state index in [1.165, 1.54) is 5.56 Å². The Bertz CT molecular complexity index is 481. The summed E-state index contributed by atoms with van der Waals surface area (Å²) in [6.07, 6.45) is 1.51. The molecule has 0 radical (unpaired) electrons. The molecule has 0 bridgehead atoms. The molecule has 1 unspecified atom stereocenters. The molecule has 1 aromatic rings. The van der Waals surface area contributed by atoms with Gasteiger partial charge >= 0.3 is 0 Å². The van der Waals surface area contributed by atoms with E-state index in [1.807, 2.05) is 45.0 Å². The molecule has 0 saturated carbocycles. The smallest absolute Gasteiger partial charge is 0.226 e. The predicted molar refractivity (Wildman–Crippen MR) is 82.4 cm³/mol. The van der Waals surface area contributed by atoms with Gasteiger partial charge in [-0.15, -0.1) is 0 Å². The van der Waals surface area contributed by atoms with Gasteiger partial charge in [-0.2, -0.15) is 0 Å². The van der Waals surface area contributed by atoms with E-state index in [1.54, 1.807) is 0 Å². The first-order valence-electron chi connectivity index (χ1n) is 7.59. The van der Waals surface area contributed by atoms with Crippen molar-refractivity contribution in [2.75, 3.05) is 19.8 Å². The molecule has 1 heterocycles. The lowest BCUT2D eigenvalue weighted by Gasteiger charge is -2.32. The molecule has 116 valence electrons. The van der Waals surface area contributed by atoms with Gasteiger partial charge in [-0.05, 0) is 44.4 Å². The van der Waals surface area contributed by atoms with Crippen LogP contribution in [0.4, 0.5) is 0 Å². The van der Waals surface area contributed by atoms with Crippen molar-refractivity contribution in [1.29, 1.82) is 0 Å². The zero-order chi connectivity index (χ0) is 15.3. The Kier molecular flexibility index (Phi) is 5.23. The summed E-state index contributed by atoms with van der Waals surface area (Å²) in [6, 6.07) is 7.94. The third-order valence-corrected chi connectivity index (χ3v) is 4.02. The number of carbonyl (C=O) groups is 1. The van der Waals surface area contributed by atoms with Crippen LogP contribution in [0.5, 0.6) is 5.75 Å². The van der Waals surface area contributed by atoms with E-state index in [-0.39, 0.29) is 17.4 Å². The summed E-state index contributed by atoms with van der Waals surface area (Å²) < 4.78 is 11.2. The van der Waals surface area contributed by atoms with Crippen LogP contribution in [-0.2, 0) is 9.53 Å². The summed E-state index contributed by atoms with van der Waals surface area (Å²) in [6.45, 7) is 7.86. The first-order valence-corrected chi connectivity index (χ1v) is 7.59. The van der Waals surface area contributed by atoms with Gasteiger partial charge in [-0.25, -0.2) is 0 Å². The number of hydrogen-bond donors (Lipinski definition) is 1. The second-order valence-corrected chi connectivity index (χ2v) is 6.13. The molecule has 1 saturated heterocycles. The fraction of sp³-hybridized carbons (Fsp3) is 0.588. The van der Waals surface area contributed by atoms with Crippen molar-refractivity contribution in [2.45, 2.75) is 39.7 Å². The van der Waals surface area contributed by atoms with Gasteiger partial charge in [-0.3, -0.25) is 4.79 Å². The summed E-state index contributed by atoms with van der Waals surface area (Å²) in [5.74, 6) is 0.944. The largest absolute Gasteiger partial charge is 0.489 e. The van der Waals surface area contributed by atoms with Gasteiger partial charge in [0, 0.05) is 13.2 Å². The number of carbonyl (C=O) groups excluding carboxylic acids is 1. The maximum absolute atomic E-state index is 12.3. The molecule has 1 aliphatic heterocycles. The Hall–Kier alpha value is -1.55. The highest BCUT2D eigenvalue weighted by Gasteiger charge is 2.35. The predicted octanol–water partition coefficient (Wildman–Crippen LogP) is 2.70. The summed E-state index contributed by atoms with van der Waals surface area (Å²) in [5.41, 5.74) is 0.861. The van der Waals surface area contributed by atoms with Gasteiger partial charge in [0.2, 0.25) is 5.91 Å². The molecule has 1 aromatic carbocycles. The van der Waals surface area contributed by atoms with Gasteiger partial charge < -0.3 is 14.8 Å². The quantitative estimate of drug-likeness (QED) is 0.907. The number of aryl methyl sites for hydroxylation is 1. The lowest BCUT2D eigenvalue weighted by molar-refractivity contribution is -0.135. The Morgan fingerprint density at radius 1 is 1.43 bits per heavy atom. The minimum Gasteiger partial charge on any atom is -0.489 e. The second kappa shape index (κ2) is 6.94. The fourth-order valence-electron chi connectivity index (χ4n) is 2.46. The van der Waals surface area contributed by atoms with Crippen LogP contribution in [0.1, 0.15) is 32.3 Å². The van der Waals surface area contributed by atoms with E-state index in [0.29, 0.717) is 19.8 Å². The number of nitrogens with one attached hydrogen (secondary N) is 1. The Morgan fingerprint density at radius 3 is 2.81 bits per heavy atom. The highest BCUT2D eigenvalue weighted by atomic mass is 16.5. The summed E-state index contributed by atoms with van der Waals surface area (Å²) >= 11 is 0. The Morgan fingerprint density at radius 2 is 2.14 bits per heavy atom. The number of benzene rings is 1. The monoisotopic (exact) mass is 291 g/mol. The fourth-order valence-corrected chi connectivity index (χ4v) is 2.46. The summed E-state index contributed by atoms with van der Waals surface area (Å²) in [7, 11) is 0. The zero-order valence-electron chi connectivity index (χ0n) is 13.1. The van der Waals surface area contributed by atoms with Gasteiger partial charge in [0.25, 0.3) is 0 Å². The normalized spacial score (nSPS) is 18.8. The van der Waals surface area contributed by atoms with E-state index < -0.39 is 0 Å². The average Bonchev–Trinajstić information content (AvgIpc) is 2.45. The van der Waals surface area contributed by atoms with Crippen molar-refractivity contribution >= 4 is 5.91 Å². The van der Waals surface area contributed by atoms with Crippen LogP contribution in [0.3, 0.4) is 0 Å². The van der Waals surface area contributed by atoms with Gasteiger partial charge in [0.1, 0.15) is 11.9 Å². The average molecular weight is 291 g/mol. The molecule has 1 N–H and O–H groups in total. The van der Waals surface area contributed by atoms with Crippen molar-refractivity contribution in [1.82, 2.24) is 5.32 Å². The van der Waals surface area contributed by atoms with Crippen LogP contribution < -0.4 is 10.1 Å². The number of hydrogen-bond acceptors (Lipinski definition) is 3. The number of rotatable bonds is 5. The number of ether oxygens (including phenoxy) is 2. The molecule has 4 heteroatoms. The first-order chi connectivity index (χ1) is 9.99. The Balaban J connectivity index is 1.80. The lowest BCUT2D eigenvalue weighted by atomic mass is 9.81. The third kappa shape index (κ3) is 4.46. The van der Waals surface area contributed by atoms with Crippen molar-refractivity contribution < 1.29 is 14.3 Å². The molecule has 2 rings (SSSR count). The van der Waals surface area contributed by atoms with Gasteiger partial charge in [0.05, 0.1) is 12.0 Å². The molecule has 0 spiro atoms. The van der Waals surface area contributed by atoms with Crippen molar-refractivity contribution in [2.24, 2.45) is 5.41 Å². The van der Waals surface area contributed by atoms with Crippen LogP contribution in [-0.4, -0.2) is 31.8 Å². The number of amides is 1. The third-order valence-electron chi connectivity index (χ3n) is 4.02. The van der Waals surface area contributed by atoms with Crippen molar-refractivity contribution in [3.8, 4) is 5.75 Å². The van der Waals surface area contributed by atoms with Crippen LogP contribution >= 0.6 is 0 Å². The van der Waals surface area contributed by atoms with E-state index in [2.05, 4.69) is 5.32 Å². The van der Waals surface area contributed by atoms with Crippen molar-refractivity contribution in [3.05, 3.63) is 29.8 Å². The maximum atomic E-state index is 12.3. The van der Waals surface area contributed by atoms with E-state index in [9.17, 15) is 4.79 Å². The highest BCUT2D eigenvalue weighted by Crippen LogP contribution is 2.29. The summed E-state index contributed by atoms with van der Waals surface area (Å²) in [5, 5.41) is 3.01. The molecule has 1 aliphatic rings. The molecule has 1 atom stereocenters. The van der Waals surface area contributed by atoms with Crippen molar-refractivity contribution in [3.63, 3.8) is 0 Å². The minimum absolute atomic E-state index is 0.0563. The minimum atomic E-state index is -0.304. The topological polar surface area (TPSA) is 47.6 Å². The first kappa shape index (κ1) is 15.8. The van der Waals surface area contributed by atoms with E-state index in [0.717, 1.165) is 18.6 Å². The SMILES string of the molecule is Cc1cccc(OC(C)CNC(=O)C2(C)CCOCC2)c1. The molecular formula is C17H25NO3. The van der Waals surface area contributed by atoms with E-state index in [4.69, 9.17) is 9.47 Å². The lowest BCUT2D eigenvalue weighted by Crippen LogP contribution is -2.45. The molecule has 1 amide bonds. The maximum Gasteiger partial charge on any atom is 0.226 e. The van der Waals surface area contributed by atoms with Crippen LogP contribution in [0, 0.1) is 12.3 Å². The molecule has 21 heavy (non-hydrogen) atoms. The second-order valence-electron chi connectivity index (χ2n) is 6.13. The molecule has 0 aliphatic carbocycles. The molecular weight excluding hydrogens is 266 g/mol. The highest BCUT2D eigenvalue weighted by molar-refractivity contribution is 5.82. The molecule has 4 nitrogen and oxygen atoms in total. The summed E-state index contributed by atoms with van der Waals surface area (Å²) in [4.78, 5) is 12.3. The van der Waals surface area contributed by atoms with E-state index >= 15 is 0 Å². The zero-order valence-corrected chi connectivity index (χ0v) is 13.1.